The van der Waals surface area contributed by atoms with Crippen LogP contribution in [0.1, 0.15) is 34.6 Å². The van der Waals surface area contributed by atoms with Gasteiger partial charge in [-0.2, -0.15) is 0 Å². The van der Waals surface area contributed by atoms with Crippen LogP contribution in [0.4, 0.5) is 0 Å². The first-order valence-corrected chi connectivity index (χ1v) is 11.1. The molecule has 4 rings (SSSR count). The van der Waals surface area contributed by atoms with E-state index in [0.29, 0.717) is 11.3 Å². The first kappa shape index (κ1) is 19.7. The Morgan fingerprint density at radius 3 is 2.69 bits per heavy atom. The van der Waals surface area contributed by atoms with Gasteiger partial charge in [0.2, 0.25) is 0 Å². The Morgan fingerprint density at radius 2 is 1.86 bits per heavy atom. The molecule has 2 heterocycles. The summed E-state index contributed by atoms with van der Waals surface area (Å²) >= 11 is 5.18. The fraction of sp³-hybridized carbons (Fsp3) is 0.130. The topological polar surface area (TPSA) is 46.4 Å². The summed E-state index contributed by atoms with van der Waals surface area (Å²) in [6.07, 6.45) is 4.01. The largest absolute Gasteiger partial charge is 0.345 e. The third-order valence-electron chi connectivity index (χ3n) is 4.64. The molecule has 0 bridgehead atoms. The zero-order valence-electron chi connectivity index (χ0n) is 15.9. The number of nitrogens with one attached hydrogen (secondary N) is 1. The smallest absolute Gasteiger partial charge is 0.252 e. The Bertz CT molecular complexity index is 1120. The maximum absolute atomic E-state index is 13.0. The van der Waals surface area contributed by atoms with Gasteiger partial charge in [-0.25, -0.2) is 4.98 Å². The van der Waals surface area contributed by atoms with E-state index in [9.17, 15) is 4.79 Å². The van der Waals surface area contributed by atoms with Crippen molar-refractivity contribution in [1.82, 2.24) is 14.7 Å². The molecule has 0 fully saturated rings. The Morgan fingerprint density at radius 1 is 1.10 bits per heavy atom. The minimum atomic E-state index is -0.102. The van der Waals surface area contributed by atoms with Crippen molar-refractivity contribution in [3.63, 3.8) is 0 Å². The van der Waals surface area contributed by atoms with Gasteiger partial charge in [-0.3, -0.25) is 4.79 Å². The van der Waals surface area contributed by atoms with Crippen molar-refractivity contribution >= 4 is 39.2 Å². The fourth-order valence-electron chi connectivity index (χ4n) is 3.17. The van der Waals surface area contributed by atoms with Crippen LogP contribution in [0.2, 0.25) is 0 Å². The first-order valence-electron chi connectivity index (χ1n) is 9.31. The number of thioether (sulfide) groups is 1. The second-order valence-electron chi connectivity index (χ2n) is 6.70. The molecular formula is C23H20BrN3OS. The molecule has 2 aromatic carbocycles. The Labute approximate surface area is 182 Å². The molecule has 4 nitrogen and oxygen atoms in total. The molecule has 1 N–H and O–H groups in total. The average molecular weight is 466 g/mol. The molecule has 0 aliphatic heterocycles. The highest BCUT2D eigenvalue weighted by atomic mass is 79.9. The molecule has 0 saturated heterocycles. The molecule has 146 valence electrons. The van der Waals surface area contributed by atoms with Crippen LogP contribution in [0.15, 0.2) is 88.5 Å². The van der Waals surface area contributed by atoms with E-state index in [-0.39, 0.29) is 11.9 Å². The molecule has 1 atom stereocenters. The highest BCUT2D eigenvalue weighted by Crippen LogP contribution is 2.28. The Hall–Kier alpha value is -2.57. The minimum absolute atomic E-state index is 0.0774. The molecule has 1 amide bonds. The summed E-state index contributed by atoms with van der Waals surface area (Å²) in [5, 5.41) is 3.11. The van der Waals surface area contributed by atoms with Crippen molar-refractivity contribution in [2.45, 2.75) is 23.6 Å². The molecule has 2 aromatic heterocycles. The molecule has 0 saturated carbocycles. The predicted molar refractivity (Wildman–Crippen MR) is 121 cm³/mol. The summed E-state index contributed by atoms with van der Waals surface area (Å²) in [6, 6.07) is 21.5. The van der Waals surface area contributed by atoms with Crippen molar-refractivity contribution in [3.05, 3.63) is 100 Å². The molecule has 0 aliphatic rings. The van der Waals surface area contributed by atoms with Crippen molar-refractivity contribution in [3.8, 4) is 0 Å². The van der Waals surface area contributed by atoms with E-state index in [2.05, 4.69) is 26.2 Å². The van der Waals surface area contributed by atoms with Gasteiger partial charge in [-0.05, 0) is 42.8 Å². The first-order chi connectivity index (χ1) is 14.1. The van der Waals surface area contributed by atoms with E-state index in [1.807, 2.05) is 90.4 Å². The van der Waals surface area contributed by atoms with Gasteiger partial charge in [0.05, 0.1) is 17.3 Å². The van der Waals surface area contributed by atoms with Crippen LogP contribution in [0.3, 0.4) is 0 Å². The van der Waals surface area contributed by atoms with Crippen LogP contribution in [0.25, 0.3) is 5.65 Å². The van der Waals surface area contributed by atoms with Gasteiger partial charge >= 0.3 is 0 Å². The van der Waals surface area contributed by atoms with Crippen LogP contribution < -0.4 is 5.32 Å². The van der Waals surface area contributed by atoms with E-state index >= 15 is 0 Å². The number of halogens is 1. The summed E-state index contributed by atoms with van der Waals surface area (Å²) in [4.78, 5) is 18.5. The number of fused-ring (bicyclic) bond motifs is 1. The lowest BCUT2D eigenvalue weighted by molar-refractivity contribution is 0.0937. The number of pyridine rings is 1. The van der Waals surface area contributed by atoms with E-state index in [1.54, 1.807) is 11.8 Å². The predicted octanol–water partition coefficient (Wildman–Crippen LogP) is 5.88. The number of carbonyl (C=O) groups is 1. The van der Waals surface area contributed by atoms with Gasteiger partial charge in [0.1, 0.15) is 5.65 Å². The number of carbonyl (C=O) groups excluding carboxylic acids is 1. The average Bonchev–Trinajstić information content (AvgIpc) is 3.15. The Balaban J connectivity index is 1.48. The summed E-state index contributed by atoms with van der Waals surface area (Å²) in [7, 11) is 0. The van der Waals surface area contributed by atoms with Crippen LogP contribution >= 0.6 is 27.7 Å². The number of imidazole rings is 1. The van der Waals surface area contributed by atoms with Crippen LogP contribution in [0, 0.1) is 0 Å². The second kappa shape index (κ2) is 8.84. The number of aromatic nitrogens is 2. The lowest BCUT2D eigenvalue weighted by Crippen LogP contribution is -2.27. The van der Waals surface area contributed by atoms with Crippen LogP contribution in [-0.2, 0) is 5.75 Å². The molecular weight excluding hydrogens is 446 g/mol. The molecule has 29 heavy (non-hydrogen) atoms. The van der Waals surface area contributed by atoms with Crippen molar-refractivity contribution in [2.24, 2.45) is 0 Å². The van der Waals surface area contributed by atoms with E-state index in [1.165, 1.54) is 0 Å². The molecule has 0 aliphatic carbocycles. The summed E-state index contributed by atoms with van der Waals surface area (Å²) in [5.74, 6) is 0.623. The van der Waals surface area contributed by atoms with Gasteiger partial charge in [-0.1, -0.05) is 52.3 Å². The lowest BCUT2D eigenvalue weighted by atomic mass is 10.1. The number of hydrogen-bond acceptors (Lipinski definition) is 3. The fourth-order valence-corrected chi connectivity index (χ4v) is 4.73. The third kappa shape index (κ3) is 4.54. The molecule has 0 radical (unpaired) electrons. The van der Waals surface area contributed by atoms with Gasteiger partial charge in [0.15, 0.2) is 0 Å². The zero-order valence-corrected chi connectivity index (χ0v) is 18.3. The molecule has 6 heteroatoms. The molecule has 1 unspecified atom stereocenters. The van der Waals surface area contributed by atoms with E-state index in [4.69, 9.17) is 0 Å². The number of hydrogen-bond donors (Lipinski definition) is 1. The Kier molecular flexibility index (Phi) is 6.02. The summed E-state index contributed by atoms with van der Waals surface area (Å²) in [5.41, 5.74) is 3.64. The maximum Gasteiger partial charge on any atom is 0.252 e. The molecule has 0 spiro atoms. The lowest BCUT2D eigenvalue weighted by Gasteiger charge is -2.17. The van der Waals surface area contributed by atoms with Crippen molar-refractivity contribution in [1.29, 1.82) is 0 Å². The number of benzene rings is 2. The normalized spacial score (nSPS) is 12.1. The van der Waals surface area contributed by atoms with Gasteiger partial charge in [-0.15, -0.1) is 11.8 Å². The van der Waals surface area contributed by atoms with Crippen LogP contribution in [-0.4, -0.2) is 15.3 Å². The van der Waals surface area contributed by atoms with Crippen molar-refractivity contribution in [2.75, 3.05) is 0 Å². The number of nitrogens with zero attached hydrogens (tertiary/aromatic N) is 2. The molecule has 4 aromatic rings. The quantitative estimate of drug-likeness (QED) is 0.361. The van der Waals surface area contributed by atoms with E-state index in [0.717, 1.165) is 26.3 Å². The second-order valence-corrected chi connectivity index (χ2v) is 8.57. The monoisotopic (exact) mass is 465 g/mol. The summed E-state index contributed by atoms with van der Waals surface area (Å²) < 4.78 is 3.00. The van der Waals surface area contributed by atoms with Crippen molar-refractivity contribution < 1.29 is 4.79 Å². The van der Waals surface area contributed by atoms with E-state index < -0.39 is 0 Å². The highest BCUT2D eigenvalue weighted by molar-refractivity contribution is 9.10. The summed E-state index contributed by atoms with van der Waals surface area (Å²) in [6.45, 7) is 1.99. The number of rotatable bonds is 6. The third-order valence-corrected chi connectivity index (χ3v) is 6.47. The zero-order chi connectivity index (χ0) is 20.2. The SMILES string of the molecule is CC(NC(=O)c1ccccc1SCc1cn2ccccc2n1)c1ccccc1Br. The standard InChI is InChI=1S/C23H20BrN3OS/c1-16(18-8-2-4-10-20(18)24)25-23(28)19-9-3-5-11-21(19)29-15-17-14-27-13-7-6-12-22(27)26-17/h2-14,16H,15H2,1H3,(H,25,28). The van der Waals surface area contributed by atoms with Crippen LogP contribution in [0.5, 0.6) is 0 Å². The van der Waals surface area contributed by atoms with Gasteiger partial charge in [0, 0.05) is 27.5 Å². The maximum atomic E-state index is 13.0. The minimum Gasteiger partial charge on any atom is -0.345 e. The van der Waals surface area contributed by atoms with Gasteiger partial charge < -0.3 is 9.72 Å². The van der Waals surface area contributed by atoms with Gasteiger partial charge in [0.25, 0.3) is 5.91 Å². The highest BCUT2D eigenvalue weighted by Gasteiger charge is 2.16. The number of amides is 1.